The number of aryl methyl sites for hydroxylation is 1. The van der Waals surface area contributed by atoms with Crippen molar-refractivity contribution in [2.75, 3.05) is 25.5 Å². The lowest BCUT2D eigenvalue weighted by Gasteiger charge is -2.29. The number of thioether (sulfide) groups is 1. The summed E-state index contributed by atoms with van der Waals surface area (Å²) in [5.74, 6) is 1.63. The molecule has 1 fully saturated rings. The first kappa shape index (κ1) is 22.4. The Morgan fingerprint density at radius 1 is 0.969 bits per heavy atom. The fourth-order valence-electron chi connectivity index (χ4n) is 3.67. The maximum Gasteiger partial charge on any atom is 0.255 e. The van der Waals surface area contributed by atoms with E-state index in [1.54, 1.807) is 11.8 Å². The molecular formula is C27H30N2O2S. The first-order valence-corrected chi connectivity index (χ1v) is 12.1. The smallest absolute Gasteiger partial charge is 0.255 e. The van der Waals surface area contributed by atoms with Gasteiger partial charge in [0.25, 0.3) is 5.91 Å². The van der Waals surface area contributed by atoms with Crippen LogP contribution in [0.4, 0.5) is 5.69 Å². The molecule has 1 heterocycles. The molecule has 0 bridgehead atoms. The summed E-state index contributed by atoms with van der Waals surface area (Å²) in [7, 11) is 2.14. The van der Waals surface area contributed by atoms with Gasteiger partial charge in [0, 0.05) is 35.0 Å². The minimum atomic E-state index is -0.105. The lowest BCUT2D eigenvalue weighted by Crippen LogP contribution is -2.35. The molecule has 0 atom stereocenters. The number of benzene rings is 3. The van der Waals surface area contributed by atoms with Gasteiger partial charge in [-0.25, -0.2) is 0 Å². The highest BCUT2D eigenvalue weighted by molar-refractivity contribution is 7.98. The van der Waals surface area contributed by atoms with E-state index in [9.17, 15) is 4.79 Å². The molecule has 4 rings (SSSR count). The van der Waals surface area contributed by atoms with Crippen molar-refractivity contribution < 1.29 is 9.53 Å². The first-order chi connectivity index (χ1) is 15.5. The number of hydrogen-bond donors (Lipinski definition) is 1. The Morgan fingerprint density at radius 2 is 1.62 bits per heavy atom. The number of anilines is 1. The van der Waals surface area contributed by atoms with Crippen LogP contribution in [-0.4, -0.2) is 37.0 Å². The lowest BCUT2D eigenvalue weighted by molar-refractivity contribution is 0.102. The maximum absolute atomic E-state index is 12.6. The van der Waals surface area contributed by atoms with E-state index in [1.165, 1.54) is 16.0 Å². The molecule has 3 aromatic carbocycles. The van der Waals surface area contributed by atoms with Gasteiger partial charge in [-0.3, -0.25) is 4.79 Å². The predicted molar refractivity (Wildman–Crippen MR) is 133 cm³/mol. The van der Waals surface area contributed by atoms with Gasteiger partial charge in [0.05, 0.1) is 0 Å². The topological polar surface area (TPSA) is 41.6 Å². The number of amides is 1. The third-order valence-electron chi connectivity index (χ3n) is 5.72. The van der Waals surface area contributed by atoms with Crippen LogP contribution < -0.4 is 10.1 Å². The average Bonchev–Trinajstić information content (AvgIpc) is 2.82. The first-order valence-electron chi connectivity index (χ1n) is 11.1. The van der Waals surface area contributed by atoms with Crippen molar-refractivity contribution in [3.05, 3.63) is 89.5 Å². The van der Waals surface area contributed by atoms with Crippen LogP contribution >= 0.6 is 11.8 Å². The molecule has 0 spiro atoms. The second-order valence-corrected chi connectivity index (χ2v) is 9.45. The normalized spacial score (nSPS) is 14.8. The van der Waals surface area contributed by atoms with E-state index < -0.39 is 0 Å². The summed E-state index contributed by atoms with van der Waals surface area (Å²) in [6, 6.07) is 24.0. The van der Waals surface area contributed by atoms with Crippen LogP contribution in [-0.2, 0) is 5.75 Å². The Labute approximate surface area is 195 Å². The summed E-state index contributed by atoms with van der Waals surface area (Å²) in [4.78, 5) is 16.2. The molecule has 4 nitrogen and oxygen atoms in total. The van der Waals surface area contributed by atoms with E-state index in [4.69, 9.17) is 4.74 Å². The fourth-order valence-corrected chi connectivity index (χ4v) is 4.52. The highest BCUT2D eigenvalue weighted by atomic mass is 32.2. The van der Waals surface area contributed by atoms with Crippen LogP contribution in [0.15, 0.2) is 77.7 Å². The molecule has 1 aliphatic rings. The SMILES string of the molecule is Cc1ccc(SCc2ccc(C(=O)Nc3ccc(OC4CCN(C)CC4)cc3)cc2)cc1. The largest absolute Gasteiger partial charge is 0.490 e. The van der Waals surface area contributed by atoms with Gasteiger partial charge < -0.3 is 15.0 Å². The monoisotopic (exact) mass is 446 g/mol. The summed E-state index contributed by atoms with van der Waals surface area (Å²) in [6.07, 6.45) is 2.37. The Balaban J connectivity index is 1.27. The van der Waals surface area contributed by atoms with Gasteiger partial charge in [-0.1, -0.05) is 29.8 Å². The summed E-state index contributed by atoms with van der Waals surface area (Å²) >= 11 is 1.80. The van der Waals surface area contributed by atoms with Crippen LogP contribution in [0.3, 0.4) is 0 Å². The van der Waals surface area contributed by atoms with Gasteiger partial charge in [0.2, 0.25) is 0 Å². The number of piperidine rings is 1. The highest BCUT2D eigenvalue weighted by Crippen LogP contribution is 2.24. The number of ether oxygens (including phenoxy) is 1. The zero-order valence-corrected chi connectivity index (χ0v) is 19.5. The van der Waals surface area contributed by atoms with Crippen LogP contribution in [0.5, 0.6) is 5.75 Å². The van der Waals surface area contributed by atoms with Crippen molar-refractivity contribution >= 4 is 23.4 Å². The van der Waals surface area contributed by atoms with Crippen molar-refractivity contribution in [1.82, 2.24) is 4.90 Å². The standard InChI is InChI=1S/C27H30N2O2S/c1-20-3-13-26(14-4-20)32-19-21-5-7-22(8-6-21)27(30)28-23-9-11-24(12-10-23)31-25-15-17-29(2)18-16-25/h3-14,25H,15-19H2,1-2H3,(H,28,30). The molecule has 1 saturated heterocycles. The van der Waals surface area contributed by atoms with Crippen molar-refractivity contribution in [2.45, 2.75) is 36.5 Å². The highest BCUT2D eigenvalue weighted by Gasteiger charge is 2.18. The molecule has 0 radical (unpaired) electrons. The quantitative estimate of drug-likeness (QED) is 0.451. The Morgan fingerprint density at radius 3 is 2.28 bits per heavy atom. The molecule has 1 amide bonds. The molecule has 32 heavy (non-hydrogen) atoms. The third-order valence-corrected chi connectivity index (χ3v) is 6.81. The van der Waals surface area contributed by atoms with Crippen molar-refractivity contribution in [3.8, 4) is 5.75 Å². The molecule has 0 aromatic heterocycles. The van der Waals surface area contributed by atoms with Crippen LogP contribution in [0.25, 0.3) is 0 Å². The van der Waals surface area contributed by atoms with Crippen LogP contribution in [0, 0.1) is 6.92 Å². The maximum atomic E-state index is 12.6. The second kappa shape index (κ2) is 10.7. The molecule has 0 unspecified atom stereocenters. The van der Waals surface area contributed by atoms with E-state index in [2.05, 4.69) is 48.5 Å². The molecular weight excluding hydrogens is 416 g/mol. The molecule has 1 N–H and O–H groups in total. The van der Waals surface area contributed by atoms with Gasteiger partial charge in [-0.2, -0.15) is 0 Å². The number of nitrogens with zero attached hydrogens (tertiary/aromatic N) is 1. The molecule has 0 saturated carbocycles. The van der Waals surface area contributed by atoms with Crippen LogP contribution in [0.2, 0.25) is 0 Å². The number of carbonyl (C=O) groups excluding carboxylic acids is 1. The number of hydrogen-bond acceptors (Lipinski definition) is 4. The van der Waals surface area contributed by atoms with E-state index in [-0.39, 0.29) is 12.0 Å². The number of likely N-dealkylation sites (tertiary alicyclic amines) is 1. The summed E-state index contributed by atoms with van der Waals surface area (Å²) in [5.41, 5.74) is 3.89. The number of carbonyl (C=O) groups is 1. The van der Waals surface area contributed by atoms with Gasteiger partial charge in [-0.05, 0) is 80.9 Å². The van der Waals surface area contributed by atoms with Crippen molar-refractivity contribution in [1.29, 1.82) is 0 Å². The van der Waals surface area contributed by atoms with Gasteiger partial charge in [0.1, 0.15) is 11.9 Å². The molecule has 3 aromatic rings. The minimum absolute atomic E-state index is 0.105. The summed E-state index contributed by atoms with van der Waals surface area (Å²) < 4.78 is 6.08. The lowest BCUT2D eigenvalue weighted by atomic mass is 10.1. The van der Waals surface area contributed by atoms with Gasteiger partial charge in [0.15, 0.2) is 0 Å². The predicted octanol–water partition coefficient (Wildman–Crippen LogP) is 6.01. The fraction of sp³-hybridized carbons (Fsp3) is 0.296. The molecule has 0 aliphatic carbocycles. The van der Waals surface area contributed by atoms with E-state index in [0.717, 1.165) is 43.1 Å². The Bertz CT molecular complexity index is 1010. The second-order valence-electron chi connectivity index (χ2n) is 8.40. The number of rotatable bonds is 7. The zero-order chi connectivity index (χ0) is 22.3. The summed E-state index contributed by atoms with van der Waals surface area (Å²) in [5, 5.41) is 2.97. The van der Waals surface area contributed by atoms with E-state index in [1.807, 2.05) is 48.5 Å². The molecule has 5 heteroatoms. The third kappa shape index (κ3) is 6.38. The van der Waals surface area contributed by atoms with E-state index >= 15 is 0 Å². The molecule has 166 valence electrons. The minimum Gasteiger partial charge on any atom is -0.490 e. The zero-order valence-electron chi connectivity index (χ0n) is 18.7. The average molecular weight is 447 g/mol. The van der Waals surface area contributed by atoms with Crippen molar-refractivity contribution in [3.63, 3.8) is 0 Å². The Kier molecular flexibility index (Phi) is 7.51. The Hall–Kier alpha value is -2.76. The number of nitrogens with one attached hydrogen (secondary N) is 1. The summed E-state index contributed by atoms with van der Waals surface area (Å²) in [6.45, 7) is 4.24. The van der Waals surface area contributed by atoms with Gasteiger partial charge >= 0.3 is 0 Å². The van der Waals surface area contributed by atoms with E-state index in [0.29, 0.717) is 5.56 Å². The molecule has 1 aliphatic heterocycles. The van der Waals surface area contributed by atoms with Gasteiger partial charge in [-0.15, -0.1) is 11.8 Å². The van der Waals surface area contributed by atoms with Crippen LogP contribution in [0.1, 0.15) is 34.3 Å². The van der Waals surface area contributed by atoms with Crippen molar-refractivity contribution in [2.24, 2.45) is 0 Å².